The van der Waals surface area contributed by atoms with Crippen LogP contribution in [0.4, 0.5) is 5.69 Å². The number of amides is 1. The highest BCUT2D eigenvalue weighted by atomic mass is 35.5. The van der Waals surface area contributed by atoms with Crippen molar-refractivity contribution in [2.75, 3.05) is 5.32 Å². The van der Waals surface area contributed by atoms with E-state index in [-0.39, 0.29) is 5.91 Å². The predicted octanol–water partition coefficient (Wildman–Crippen LogP) is 4.34. The highest BCUT2D eigenvalue weighted by Gasteiger charge is 2.07. The Balaban J connectivity index is 1.67. The van der Waals surface area contributed by atoms with Crippen LogP contribution in [0, 0.1) is 13.8 Å². The Labute approximate surface area is 140 Å². The highest BCUT2D eigenvalue weighted by molar-refractivity contribution is 6.30. The summed E-state index contributed by atoms with van der Waals surface area (Å²) in [6.07, 6.45) is 2.18. The van der Waals surface area contributed by atoms with E-state index < -0.39 is 0 Å². The van der Waals surface area contributed by atoms with E-state index in [1.807, 2.05) is 4.57 Å². The quantitative estimate of drug-likeness (QED) is 0.775. The number of halogens is 1. The molecule has 1 N–H and O–H groups in total. The van der Waals surface area contributed by atoms with E-state index in [1.165, 1.54) is 11.1 Å². The van der Waals surface area contributed by atoms with Crippen LogP contribution in [-0.4, -0.2) is 15.5 Å². The lowest BCUT2D eigenvalue weighted by atomic mass is 10.1. The fraction of sp³-hybridized carbons (Fsp3) is 0.222. The van der Waals surface area contributed by atoms with Crippen molar-refractivity contribution in [3.8, 4) is 0 Å². The van der Waals surface area contributed by atoms with Gasteiger partial charge in [0.05, 0.1) is 17.4 Å². The van der Waals surface area contributed by atoms with Crippen LogP contribution in [0.15, 0.2) is 42.7 Å². The van der Waals surface area contributed by atoms with E-state index in [2.05, 4.69) is 36.3 Å². The van der Waals surface area contributed by atoms with Crippen LogP contribution in [0.1, 0.15) is 17.5 Å². The number of benzene rings is 2. The molecular weight excluding hydrogens is 310 g/mol. The number of aromatic nitrogens is 2. The summed E-state index contributed by atoms with van der Waals surface area (Å²) in [6, 6.07) is 11.3. The Morgan fingerprint density at radius 1 is 1.17 bits per heavy atom. The molecule has 3 aromatic rings. The van der Waals surface area contributed by atoms with Gasteiger partial charge in [0.25, 0.3) is 0 Å². The number of anilines is 1. The van der Waals surface area contributed by atoms with Gasteiger partial charge in [-0.05, 0) is 61.4 Å². The molecule has 23 heavy (non-hydrogen) atoms. The second kappa shape index (κ2) is 6.42. The Hall–Kier alpha value is -2.33. The fourth-order valence-electron chi connectivity index (χ4n) is 2.47. The van der Waals surface area contributed by atoms with Crippen molar-refractivity contribution in [2.45, 2.75) is 26.8 Å². The molecule has 0 aliphatic rings. The first kappa shape index (κ1) is 15.6. The fourth-order valence-corrected chi connectivity index (χ4v) is 2.60. The van der Waals surface area contributed by atoms with Crippen molar-refractivity contribution < 1.29 is 4.79 Å². The number of nitrogens with one attached hydrogen (secondary N) is 1. The van der Waals surface area contributed by atoms with Gasteiger partial charge in [0, 0.05) is 23.7 Å². The third-order valence-corrected chi connectivity index (χ3v) is 4.20. The van der Waals surface area contributed by atoms with Crippen molar-refractivity contribution in [3.05, 3.63) is 58.9 Å². The van der Waals surface area contributed by atoms with Gasteiger partial charge in [-0.3, -0.25) is 4.79 Å². The van der Waals surface area contributed by atoms with Crippen LogP contribution in [-0.2, 0) is 11.3 Å². The molecule has 118 valence electrons. The molecule has 0 saturated carbocycles. The number of rotatable bonds is 4. The minimum absolute atomic E-state index is 0.0296. The Morgan fingerprint density at radius 2 is 1.87 bits per heavy atom. The van der Waals surface area contributed by atoms with Crippen molar-refractivity contribution in [3.63, 3.8) is 0 Å². The van der Waals surface area contributed by atoms with Gasteiger partial charge < -0.3 is 9.88 Å². The number of hydrogen-bond acceptors (Lipinski definition) is 2. The zero-order chi connectivity index (χ0) is 16.4. The second-order valence-corrected chi connectivity index (χ2v) is 6.10. The maximum absolute atomic E-state index is 12.1. The molecule has 0 aliphatic heterocycles. The molecular formula is C18H18ClN3O. The Bertz CT molecular complexity index is 853. The molecule has 0 atom stereocenters. The van der Waals surface area contributed by atoms with E-state index in [0.717, 1.165) is 16.7 Å². The summed E-state index contributed by atoms with van der Waals surface area (Å²) in [5, 5.41) is 3.52. The molecule has 0 fully saturated rings. The molecule has 0 unspecified atom stereocenters. The maximum atomic E-state index is 12.1. The minimum Gasteiger partial charge on any atom is -0.330 e. The van der Waals surface area contributed by atoms with Crippen LogP contribution < -0.4 is 5.32 Å². The maximum Gasteiger partial charge on any atom is 0.226 e. The van der Waals surface area contributed by atoms with Crippen LogP contribution in [0.5, 0.6) is 0 Å². The van der Waals surface area contributed by atoms with Crippen molar-refractivity contribution in [1.82, 2.24) is 9.55 Å². The van der Waals surface area contributed by atoms with Crippen molar-refractivity contribution >= 4 is 34.2 Å². The topological polar surface area (TPSA) is 46.9 Å². The molecule has 4 nitrogen and oxygen atoms in total. The van der Waals surface area contributed by atoms with Gasteiger partial charge in [-0.2, -0.15) is 0 Å². The third kappa shape index (κ3) is 3.54. The highest BCUT2D eigenvalue weighted by Crippen LogP contribution is 2.19. The summed E-state index contributed by atoms with van der Waals surface area (Å²) in [7, 11) is 0. The summed E-state index contributed by atoms with van der Waals surface area (Å²) < 4.78 is 2.02. The zero-order valence-electron chi connectivity index (χ0n) is 13.1. The number of hydrogen-bond donors (Lipinski definition) is 1. The van der Waals surface area contributed by atoms with Gasteiger partial charge in [0.15, 0.2) is 0 Å². The van der Waals surface area contributed by atoms with Crippen LogP contribution >= 0.6 is 11.6 Å². The van der Waals surface area contributed by atoms with E-state index in [9.17, 15) is 4.79 Å². The summed E-state index contributed by atoms with van der Waals surface area (Å²) in [5.41, 5.74) is 5.23. The minimum atomic E-state index is -0.0296. The standard InChI is InChI=1S/C18H18ClN3O/c1-12-9-16-17(10-13(12)2)22(11-20-16)8-7-18(23)21-15-5-3-14(19)4-6-15/h3-6,9-11H,7-8H2,1-2H3,(H,21,23). The number of imidazole rings is 1. The molecule has 1 amide bonds. The van der Waals surface area contributed by atoms with Gasteiger partial charge in [0.1, 0.15) is 0 Å². The average molecular weight is 328 g/mol. The number of fused-ring (bicyclic) bond motifs is 1. The van der Waals surface area contributed by atoms with Crippen LogP contribution in [0.2, 0.25) is 5.02 Å². The van der Waals surface area contributed by atoms with E-state index >= 15 is 0 Å². The molecule has 0 aliphatic carbocycles. The van der Waals surface area contributed by atoms with E-state index in [1.54, 1.807) is 30.6 Å². The summed E-state index contributed by atoms with van der Waals surface area (Å²) in [5.74, 6) is -0.0296. The molecule has 2 aromatic carbocycles. The normalized spacial score (nSPS) is 10.9. The number of carbonyl (C=O) groups excluding carboxylic acids is 1. The number of nitrogens with zero attached hydrogens (tertiary/aromatic N) is 2. The van der Waals surface area contributed by atoms with E-state index in [0.29, 0.717) is 18.0 Å². The largest absolute Gasteiger partial charge is 0.330 e. The second-order valence-electron chi connectivity index (χ2n) is 5.67. The summed E-state index contributed by atoms with van der Waals surface area (Å²) >= 11 is 5.83. The molecule has 0 bridgehead atoms. The molecule has 0 spiro atoms. The summed E-state index contributed by atoms with van der Waals surface area (Å²) in [4.78, 5) is 16.5. The monoisotopic (exact) mass is 327 g/mol. The van der Waals surface area contributed by atoms with Gasteiger partial charge in [-0.15, -0.1) is 0 Å². The average Bonchev–Trinajstić information content (AvgIpc) is 2.90. The van der Waals surface area contributed by atoms with E-state index in [4.69, 9.17) is 11.6 Å². The Morgan fingerprint density at radius 3 is 2.61 bits per heavy atom. The Kier molecular flexibility index (Phi) is 4.35. The number of aryl methyl sites for hydroxylation is 3. The molecule has 0 radical (unpaired) electrons. The molecule has 0 saturated heterocycles. The summed E-state index contributed by atoms with van der Waals surface area (Å²) in [6.45, 7) is 4.76. The van der Waals surface area contributed by atoms with Crippen LogP contribution in [0.25, 0.3) is 11.0 Å². The first-order chi connectivity index (χ1) is 11.0. The third-order valence-electron chi connectivity index (χ3n) is 3.94. The molecule has 1 heterocycles. The van der Waals surface area contributed by atoms with Gasteiger partial charge in [-0.25, -0.2) is 4.98 Å². The van der Waals surface area contributed by atoms with Gasteiger partial charge in [0.2, 0.25) is 5.91 Å². The number of carbonyl (C=O) groups is 1. The van der Waals surface area contributed by atoms with Crippen LogP contribution in [0.3, 0.4) is 0 Å². The van der Waals surface area contributed by atoms with Gasteiger partial charge >= 0.3 is 0 Å². The lowest BCUT2D eigenvalue weighted by molar-refractivity contribution is -0.116. The van der Waals surface area contributed by atoms with Crippen molar-refractivity contribution in [1.29, 1.82) is 0 Å². The molecule has 3 rings (SSSR count). The lowest BCUT2D eigenvalue weighted by Crippen LogP contribution is -2.14. The predicted molar refractivity (Wildman–Crippen MR) is 93.9 cm³/mol. The zero-order valence-corrected chi connectivity index (χ0v) is 13.9. The lowest BCUT2D eigenvalue weighted by Gasteiger charge is -2.07. The van der Waals surface area contributed by atoms with Gasteiger partial charge in [-0.1, -0.05) is 11.6 Å². The molecule has 5 heteroatoms. The molecule has 1 aromatic heterocycles. The van der Waals surface area contributed by atoms with Crippen molar-refractivity contribution in [2.24, 2.45) is 0 Å². The smallest absolute Gasteiger partial charge is 0.226 e. The SMILES string of the molecule is Cc1cc2ncn(CCC(=O)Nc3ccc(Cl)cc3)c2cc1C. The first-order valence-electron chi connectivity index (χ1n) is 7.50. The first-order valence-corrected chi connectivity index (χ1v) is 7.88.